The molecule has 0 fully saturated rings. The Labute approximate surface area is 82.8 Å². The lowest BCUT2D eigenvalue weighted by Crippen LogP contribution is -1.99. The number of thiazole rings is 1. The molecule has 72 valence electrons. The number of benzene rings is 1. The molecule has 0 bridgehead atoms. The summed E-state index contributed by atoms with van der Waals surface area (Å²) in [6.45, 7) is 1.75. The second-order valence-electron chi connectivity index (χ2n) is 2.81. The van der Waals surface area contributed by atoms with Gasteiger partial charge in [-0.1, -0.05) is 0 Å². The molecule has 5 heteroatoms. The second kappa shape index (κ2) is 3.02. The third-order valence-electron chi connectivity index (χ3n) is 1.83. The van der Waals surface area contributed by atoms with Crippen LogP contribution in [0.3, 0.4) is 0 Å². The van der Waals surface area contributed by atoms with Crippen LogP contribution in [0.2, 0.25) is 0 Å². The van der Waals surface area contributed by atoms with Gasteiger partial charge in [-0.25, -0.2) is 14.2 Å². The minimum atomic E-state index is -1.25. The predicted octanol–water partition coefficient (Wildman–Crippen LogP) is 2.44. The van der Waals surface area contributed by atoms with Crippen LogP contribution in [0.5, 0.6) is 0 Å². The van der Waals surface area contributed by atoms with E-state index in [9.17, 15) is 9.18 Å². The van der Waals surface area contributed by atoms with Gasteiger partial charge in [0.2, 0.25) is 0 Å². The smallest absolute Gasteiger partial charge is 0.338 e. The van der Waals surface area contributed by atoms with E-state index in [4.69, 9.17) is 5.11 Å². The molecule has 1 aromatic carbocycles. The number of carboxylic acids is 1. The topological polar surface area (TPSA) is 50.2 Å². The molecule has 3 nitrogen and oxygen atoms in total. The molecule has 0 spiro atoms. The highest BCUT2D eigenvalue weighted by atomic mass is 32.1. The summed E-state index contributed by atoms with van der Waals surface area (Å²) in [5, 5.41) is 9.40. The number of hydrogen-bond acceptors (Lipinski definition) is 3. The summed E-state index contributed by atoms with van der Waals surface area (Å²) in [6.07, 6.45) is 0. The number of halogens is 1. The molecule has 0 radical (unpaired) electrons. The van der Waals surface area contributed by atoms with Crippen LogP contribution < -0.4 is 0 Å². The average Bonchev–Trinajstić information content (AvgIpc) is 2.46. The molecule has 0 atom stereocenters. The number of carbonyl (C=O) groups is 1. The summed E-state index contributed by atoms with van der Waals surface area (Å²) < 4.78 is 13.8. The summed E-state index contributed by atoms with van der Waals surface area (Å²) in [5.74, 6) is -1.95. The first-order chi connectivity index (χ1) is 6.59. The van der Waals surface area contributed by atoms with E-state index in [0.717, 1.165) is 16.3 Å². The van der Waals surface area contributed by atoms with Crippen molar-refractivity contribution in [2.75, 3.05) is 0 Å². The molecule has 0 saturated heterocycles. The maximum Gasteiger partial charge on any atom is 0.338 e. The van der Waals surface area contributed by atoms with Crippen molar-refractivity contribution in [1.29, 1.82) is 0 Å². The van der Waals surface area contributed by atoms with Crippen LogP contribution in [0.25, 0.3) is 10.2 Å². The Morgan fingerprint density at radius 2 is 2.29 bits per heavy atom. The van der Waals surface area contributed by atoms with Crippen molar-refractivity contribution < 1.29 is 14.3 Å². The molecule has 1 aromatic heterocycles. The third kappa shape index (κ3) is 1.26. The number of nitrogens with zero attached hydrogens (tertiary/aromatic N) is 1. The lowest BCUT2D eigenvalue weighted by molar-refractivity contribution is 0.0692. The molecule has 2 rings (SSSR count). The van der Waals surface area contributed by atoms with Crippen LogP contribution >= 0.6 is 11.3 Å². The van der Waals surface area contributed by atoms with Gasteiger partial charge in [0.25, 0.3) is 0 Å². The van der Waals surface area contributed by atoms with Gasteiger partial charge in [-0.05, 0) is 19.1 Å². The van der Waals surface area contributed by atoms with E-state index in [1.165, 1.54) is 12.1 Å². The first kappa shape index (κ1) is 9.08. The predicted molar refractivity (Wildman–Crippen MR) is 51.3 cm³/mol. The number of fused-ring (bicyclic) bond motifs is 1. The number of hydrogen-bond donors (Lipinski definition) is 1. The van der Waals surface area contributed by atoms with Crippen molar-refractivity contribution in [1.82, 2.24) is 4.98 Å². The van der Waals surface area contributed by atoms with Crippen LogP contribution in [0.1, 0.15) is 15.4 Å². The van der Waals surface area contributed by atoms with E-state index in [2.05, 4.69) is 4.98 Å². The minimum absolute atomic E-state index is 0.304. The van der Waals surface area contributed by atoms with Gasteiger partial charge >= 0.3 is 5.97 Å². The van der Waals surface area contributed by atoms with Crippen molar-refractivity contribution in [2.45, 2.75) is 6.92 Å². The van der Waals surface area contributed by atoms with Crippen molar-refractivity contribution in [3.8, 4) is 0 Å². The molecule has 0 amide bonds. The Kier molecular flexibility index (Phi) is 1.96. The molecule has 0 unspecified atom stereocenters. The highest BCUT2D eigenvalue weighted by Crippen LogP contribution is 2.26. The van der Waals surface area contributed by atoms with Crippen LogP contribution in [0, 0.1) is 12.7 Å². The second-order valence-corrected chi connectivity index (χ2v) is 4.02. The largest absolute Gasteiger partial charge is 0.478 e. The number of aryl methyl sites for hydroxylation is 1. The molecule has 1 heterocycles. The lowest BCUT2D eigenvalue weighted by atomic mass is 10.2. The average molecular weight is 211 g/mol. The molecule has 14 heavy (non-hydrogen) atoms. The summed E-state index contributed by atoms with van der Waals surface area (Å²) in [7, 11) is 0. The van der Waals surface area contributed by atoms with Gasteiger partial charge in [0.15, 0.2) is 5.82 Å². The van der Waals surface area contributed by atoms with Crippen LogP contribution in [0.4, 0.5) is 4.39 Å². The van der Waals surface area contributed by atoms with Gasteiger partial charge < -0.3 is 5.11 Å². The van der Waals surface area contributed by atoms with E-state index >= 15 is 0 Å². The SMILES string of the molecule is Cc1nc2ccc(C(=O)O)c(F)c2s1. The molecule has 0 aliphatic rings. The zero-order valence-corrected chi connectivity index (χ0v) is 8.06. The van der Waals surface area contributed by atoms with Gasteiger partial charge in [-0.3, -0.25) is 0 Å². The first-order valence-electron chi connectivity index (χ1n) is 3.88. The number of aromatic nitrogens is 1. The Balaban J connectivity index is 2.80. The van der Waals surface area contributed by atoms with Gasteiger partial charge in [-0.15, -0.1) is 11.3 Å². The van der Waals surface area contributed by atoms with E-state index in [0.29, 0.717) is 10.2 Å². The van der Waals surface area contributed by atoms with Gasteiger partial charge in [0.1, 0.15) is 0 Å². The fourth-order valence-electron chi connectivity index (χ4n) is 1.24. The van der Waals surface area contributed by atoms with Gasteiger partial charge in [0.05, 0.1) is 20.8 Å². The van der Waals surface area contributed by atoms with E-state index < -0.39 is 11.8 Å². The monoisotopic (exact) mass is 211 g/mol. The van der Waals surface area contributed by atoms with E-state index in [1.807, 2.05) is 0 Å². The van der Waals surface area contributed by atoms with Crippen LogP contribution in [0.15, 0.2) is 12.1 Å². The summed E-state index contributed by atoms with van der Waals surface area (Å²) in [6, 6.07) is 2.75. The van der Waals surface area contributed by atoms with Crippen molar-refractivity contribution in [3.05, 3.63) is 28.5 Å². The highest BCUT2D eigenvalue weighted by Gasteiger charge is 2.15. The third-order valence-corrected chi connectivity index (χ3v) is 2.81. The summed E-state index contributed by atoms with van der Waals surface area (Å²) >= 11 is 1.16. The van der Waals surface area contributed by atoms with Gasteiger partial charge in [-0.2, -0.15) is 0 Å². The summed E-state index contributed by atoms with van der Waals surface area (Å²) in [5.41, 5.74) is 0.205. The zero-order valence-electron chi connectivity index (χ0n) is 7.24. The quantitative estimate of drug-likeness (QED) is 0.788. The van der Waals surface area contributed by atoms with Crippen molar-refractivity contribution >= 4 is 27.5 Å². The van der Waals surface area contributed by atoms with E-state index in [-0.39, 0.29) is 5.56 Å². The Hall–Kier alpha value is -1.49. The van der Waals surface area contributed by atoms with Crippen LogP contribution in [-0.4, -0.2) is 16.1 Å². The molecular formula is C9H6FNO2S. The Morgan fingerprint density at radius 3 is 2.93 bits per heavy atom. The molecule has 2 aromatic rings. The minimum Gasteiger partial charge on any atom is -0.478 e. The molecular weight excluding hydrogens is 205 g/mol. The van der Waals surface area contributed by atoms with E-state index in [1.54, 1.807) is 6.92 Å². The number of carboxylic acid groups (broad SMARTS) is 1. The highest BCUT2D eigenvalue weighted by molar-refractivity contribution is 7.18. The zero-order chi connectivity index (χ0) is 10.3. The van der Waals surface area contributed by atoms with Gasteiger partial charge in [0, 0.05) is 0 Å². The Bertz CT molecular complexity index is 521. The lowest BCUT2D eigenvalue weighted by Gasteiger charge is -1.96. The molecule has 0 aliphatic carbocycles. The first-order valence-corrected chi connectivity index (χ1v) is 4.70. The fourth-order valence-corrected chi connectivity index (χ4v) is 2.09. The maximum atomic E-state index is 13.5. The van der Waals surface area contributed by atoms with Crippen LogP contribution in [-0.2, 0) is 0 Å². The standard InChI is InChI=1S/C9H6FNO2S/c1-4-11-6-3-2-5(9(12)13)7(10)8(6)14-4/h2-3H,1H3,(H,12,13). The fraction of sp³-hybridized carbons (Fsp3) is 0.111. The Morgan fingerprint density at radius 1 is 1.57 bits per heavy atom. The number of rotatable bonds is 1. The molecule has 1 N–H and O–H groups in total. The molecule has 0 aliphatic heterocycles. The molecule has 0 saturated carbocycles. The van der Waals surface area contributed by atoms with Crippen molar-refractivity contribution in [2.24, 2.45) is 0 Å². The normalized spacial score (nSPS) is 10.7. The van der Waals surface area contributed by atoms with Crippen molar-refractivity contribution in [3.63, 3.8) is 0 Å². The maximum absolute atomic E-state index is 13.5. The number of aromatic carboxylic acids is 1. The summed E-state index contributed by atoms with van der Waals surface area (Å²) in [4.78, 5) is 14.7.